The van der Waals surface area contributed by atoms with Gasteiger partial charge < -0.3 is 19.5 Å². The number of hydrogen-bond acceptors (Lipinski definition) is 4. The molecule has 2 fully saturated rings. The molecule has 1 atom stereocenters. The average Bonchev–Trinajstić information content (AvgIpc) is 3.33. The Bertz CT molecular complexity index is 914. The van der Waals surface area contributed by atoms with E-state index in [1.165, 1.54) is 12.6 Å². The zero-order valence-electron chi connectivity index (χ0n) is 15.3. The Morgan fingerprint density at radius 1 is 1.27 bits per heavy atom. The average molecular weight is 355 g/mol. The Hall–Kier alpha value is -2.34. The van der Waals surface area contributed by atoms with Gasteiger partial charge in [-0.2, -0.15) is 0 Å². The summed E-state index contributed by atoms with van der Waals surface area (Å²) in [6.07, 6.45) is 4.78. The summed E-state index contributed by atoms with van der Waals surface area (Å²) < 4.78 is 2.00. The molecule has 1 aliphatic heterocycles. The van der Waals surface area contributed by atoms with E-state index in [9.17, 15) is 14.7 Å². The van der Waals surface area contributed by atoms with Crippen LogP contribution in [0, 0.1) is 5.92 Å². The molecule has 6 heteroatoms. The van der Waals surface area contributed by atoms with Crippen LogP contribution in [0.15, 0.2) is 29.2 Å². The Morgan fingerprint density at radius 2 is 2.04 bits per heavy atom. The molecule has 26 heavy (non-hydrogen) atoms. The van der Waals surface area contributed by atoms with Gasteiger partial charge in [-0.15, -0.1) is 0 Å². The molecule has 1 aromatic heterocycles. The molecule has 0 bridgehead atoms. The van der Waals surface area contributed by atoms with E-state index in [1.807, 2.05) is 10.6 Å². The first-order chi connectivity index (χ1) is 12.4. The largest absolute Gasteiger partial charge is 0.477 e. The van der Waals surface area contributed by atoms with Crippen molar-refractivity contribution < 1.29 is 9.90 Å². The van der Waals surface area contributed by atoms with Gasteiger partial charge in [0.05, 0.1) is 5.52 Å². The highest BCUT2D eigenvalue weighted by Crippen LogP contribution is 2.38. The number of anilines is 1. The summed E-state index contributed by atoms with van der Waals surface area (Å²) in [6, 6.07) is 6.15. The summed E-state index contributed by atoms with van der Waals surface area (Å²) in [5.74, 6) is -0.498. The maximum atomic E-state index is 12.6. The fraction of sp³-hybridized carbons (Fsp3) is 0.500. The number of pyridine rings is 1. The summed E-state index contributed by atoms with van der Waals surface area (Å²) in [5, 5.41) is 9.86. The lowest BCUT2D eigenvalue weighted by Crippen LogP contribution is -2.26. The Morgan fingerprint density at radius 3 is 2.69 bits per heavy atom. The Balaban J connectivity index is 1.73. The van der Waals surface area contributed by atoms with Gasteiger partial charge in [0.2, 0.25) is 5.43 Å². The van der Waals surface area contributed by atoms with Gasteiger partial charge in [0.25, 0.3) is 0 Å². The van der Waals surface area contributed by atoms with E-state index in [1.54, 1.807) is 6.07 Å². The van der Waals surface area contributed by atoms with Crippen LogP contribution in [-0.4, -0.2) is 54.3 Å². The fourth-order valence-electron chi connectivity index (χ4n) is 4.07. The van der Waals surface area contributed by atoms with Crippen molar-refractivity contribution in [2.24, 2.45) is 5.92 Å². The highest BCUT2D eigenvalue weighted by atomic mass is 16.4. The maximum Gasteiger partial charge on any atom is 0.341 e. The normalized spacial score (nSPS) is 20.3. The second kappa shape index (κ2) is 6.43. The predicted octanol–water partition coefficient (Wildman–Crippen LogP) is 2.42. The molecule has 4 rings (SSSR count). The monoisotopic (exact) mass is 355 g/mol. The van der Waals surface area contributed by atoms with Crippen molar-refractivity contribution in [1.29, 1.82) is 0 Å². The van der Waals surface area contributed by atoms with Crippen molar-refractivity contribution in [3.8, 4) is 0 Å². The summed E-state index contributed by atoms with van der Waals surface area (Å²) in [6.45, 7) is 3.12. The van der Waals surface area contributed by atoms with E-state index in [0.717, 1.165) is 43.7 Å². The summed E-state index contributed by atoms with van der Waals surface area (Å²) in [4.78, 5) is 28.6. The van der Waals surface area contributed by atoms with Crippen LogP contribution >= 0.6 is 0 Å². The van der Waals surface area contributed by atoms with Gasteiger partial charge in [0.15, 0.2) is 0 Å². The molecule has 2 aliphatic rings. The number of nitrogens with zero attached hydrogens (tertiary/aromatic N) is 3. The number of aromatic carboxylic acids is 1. The van der Waals surface area contributed by atoms with Gasteiger partial charge in [-0.25, -0.2) is 4.79 Å². The van der Waals surface area contributed by atoms with E-state index >= 15 is 0 Å². The minimum Gasteiger partial charge on any atom is -0.477 e. The fourth-order valence-corrected chi connectivity index (χ4v) is 4.07. The summed E-state index contributed by atoms with van der Waals surface area (Å²) >= 11 is 0. The minimum atomic E-state index is -1.15. The topological polar surface area (TPSA) is 65.8 Å². The van der Waals surface area contributed by atoms with E-state index < -0.39 is 5.97 Å². The van der Waals surface area contributed by atoms with Gasteiger partial charge in [0, 0.05) is 42.9 Å². The first kappa shape index (κ1) is 17.1. The maximum absolute atomic E-state index is 12.6. The van der Waals surface area contributed by atoms with Gasteiger partial charge >= 0.3 is 5.97 Å². The standard InChI is InChI=1S/C20H25N3O3/c1-21(2)10-13-7-8-22(11-13)15-5-6-16-18(9-15)23(14-3-4-14)12-17(19(16)24)20(25)26/h5-6,9,12-14H,3-4,7-8,10-11H2,1-2H3,(H,25,26). The molecule has 0 radical (unpaired) electrons. The summed E-state index contributed by atoms with van der Waals surface area (Å²) in [7, 11) is 4.21. The van der Waals surface area contributed by atoms with Gasteiger partial charge in [-0.05, 0) is 57.5 Å². The number of carboxylic acids is 1. The number of carbonyl (C=O) groups is 1. The van der Waals surface area contributed by atoms with Crippen molar-refractivity contribution in [3.05, 3.63) is 40.2 Å². The Labute approximate surface area is 152 Å². The van der Waals surface area contributed by atoms with Gasteiger partial charge in [-0.3, -0.25) is 4.79 Å². The van der Waals surface area contributed by atoms with Gasteiger partial charge in [-0.1, -0.05) is 0 Å². The van der Waals surface area contributed by atoms with Crippen molar-refractivity contribution >= 4 is 22.6 Å². The molecule has 1 aliphatic carbocycles. The molecule has 1 N–H and O–H groups in total. The number of aromatic nitrogens is 1. The molecule has 6 nitrogen and oxygen atoms in total. The number of benzene rings is 1. The Kier molecular flexibility index (Phi) is 4.23. The van der Waals surface area contributed by atoms with E-state index in [2.05, 4.69) is 30.0 Å². The quantitative estimate of drug-likeness (QED) is 0.892. The zero-order valence-corrected chi connectivity index (χ0v) is 15.3. The molecule has 1 saturated carbocycles. The molecule has 2 aromatic rings. The van der Waals surface area contributed by atoms with Crippen LogP contribution in [0.5, 0.6) is 0 Å². The SMILES string of the molecule is CN(C)CC1CCN(c2ccc3c(=O)c(C(=O)O)cn(C4CC4)c3c2)C1. The number of fused-ring (bicyclic) bond motifs is 1. The van der Waals surface area contributed by atoms with Crippen molar-refractivity contribution in [1.82, 2.24) is 9.47 Å². The second-order valence-electron chi connectivity index (χ2n) is 7.88. The van der Waals surface area contributed by atoms with E-state index in [0.29, 0.717) is 17.3 Å². The van der Waals surface area contributed by atoms with Crippen LogP contribution in [0.4, 0.5) is 5.69 Å². The molecule has 1 saturated heterocycles. The molecule has 0 spiro atoms. The molecule has 1 aromatic carbocycles. The van der Waals surface area contributed by atoms with Crippen molar-refractivity contribution in [2.75, 3.05) is 38.6 Å². The summed E-state index contributed by atoms with van der Waals surface area (Å²) in [5.41, 5.74) is 1.46. The molecule has 0 amide bonds. The molecule has 138 valence electrons. The van der Waals surface area contributed by atoms with Crippen LogP contribution < -0.4 is 10.3 Å². The van der Waals surface area contributed by atoms with Crippen LogP contribution in [-0.2, 0) is 0 Å². The third kappa shape index (κ3) is 3.09. The van der Waals surface area contributed by atoms with Crippen molar-refractivity contribution in [2.45, 2.75) is 25.3 Å². The third-order valence-electron chi connectivity index (χ3n) is 5.46. The first-order valence-electron chi connectivity index (χ1n) is 9.26. The van der Waals surface area contributed by atoms with Crippen LogP contribution in [0.25, 0.3) is 10.9 Å². The van der Waals surface area contributed by atoms with Crippen LogP contribution in [0.1, 0.15) is 35.7 Å². The first-order valence-corrected chi connectivity index (χ1v) is 9.26. The van der Waals surface area contributed by atoms with Crippen LogP contribution in [0.3, 0.4) is 0 Å². The van der Waals surface area contributed by atoms with Crippen LogP contribution in [0.2, 0.25) is 0 Å². The molecular formula is C20H25N3O3. The zero-order chi connectivity index (χ0) is 18.4. The van der Waals surface area contributed by atoms with E-state index in [-0.39, 0.29) is 11.0 Å². The lowest BCUT2D eigenvalue weighted by molar-refractivity contribution is 0.0695. The predicted molar refractivity (Wildman–Crippen MR) is 102 cm³/mol. The highest BCUT2D eigenvalue weighted by Gasteiger charge is 2.28. The highest BCUT2D eigenvalue weighted by molar-refractivity contribution is 5.93. The smallest absolute Gasteiger partial charge is 0.341 e. The van der Waals surface area contributed by atoms with Crippen molar-refractivity contribution in [3.63, 3.8) is 0 Å². The number of hydrogen-bond donors (Lipinski definition) is 1. The second-order valence-corrected chi connectivity index (χ2v) is 7.88. The number of carboxylic acid groups (broad SMARTS) is 1. The van der Waals surface area contributed by atoms with Gasteiger partial charge in [0.1, 0.15) is 5.56 Å². The lowest BCUT2D eigenvalue weighted by atomic mass is 10.1. The molecular weight excluding hydrogens is 330 g/mol. The molecule has 2 heterocycles. The third-order valence-corrected chi connectivity index (χ3v) is 5.46. The van der Waals surface area contributed by atoms with E-state index in [4.69, 9.17) is 0 Å². The molecule has 1 unspecified atom stereocenters. The number of rotatable bonds is 5. The minimum absolute atomic E-state index is 0.135. The lowest BCUT2D eigenvalue weighted by Gasteiger charge is -2.21.